The second-order valence-corrected chi connectivity index (χ2v) is 6.55. The van der Waals surface area contributed by atoms with Gasteiger partial charge in [0, 0.05) is 27.4 Å². The Labute approximate surface area is 159 Å². The molecule has 27 heavy (non-hydrogen) atoms. The number of hydrogen-bond donors (Lipinski definition) is 2. The second-order valence-electron chi connectivity index (χ2n) is 6.12. The zero-order valence-electron chi connectivity index (χ0n) is 14.0. The van der Waals surface area contributed by atoms with Gasteiger partial charge < -0.3 is 11.1 Å². The first-order valence-corrected chi connectivity index (χ1v) is 8.53. The minimum absolute atomic E-state index is 0.112. The van der Waals surface area contributed by atoms with Gasteiger partial charge in [-0.2, -0.15) is 0 Å². The van der Waals surface area contributed by atoms with E-state index in [1.54, 1.807) is 48.5 Å². The molecule has 0 fully saturated rings. The summed E-state index contributed by atoms with van der Waals surface area (Å²) in [6, 6.07) is 15.9. The molecule has 0 heterocycles. The van der Waals surface area contributed by atoms with Crippen molar-refractivity contribution in [3.8, 4) is 0 Å². The first-order chi connectivity index (χ1) is 13.0. The van der Waals surface area contributed by atoms with Crippen LogP contribution in [0.15, 0.2) is 60.7 Å². The molecule has 0 atom stereocenters. The van der Waals surface area contributed by atoms with Crippen molar-refractivity contribution >= 4 is 40.4 Å². The summed E-state index contributed by atoms with van der Waals surface area (Å²) in [6.07, 6.45) is 0. The molecule has 4 rings (SSSR count). The number of ketones is 2. The van der Waals surface area contributed by atoms with Crippen molar-refractivity contribution in [1.82, 2.24) is 0 Å². The van der Waals surface area contributed by atoms with E-state index < -0.39 is 5.91 Å². The Morgan fingerprint density at radius 2 is 1.41 bits per heavy atom. The van der Waals surface area contributed by atoms with E-state index in [9.17, 15) is 14.4 Å². The number of anilines is 2. The Morgan fingerprint density at radius 3 is 2.04 bits per heavy atom. The van der Waals surface area contributed by atoms with Crippen LogP contribution in [0.5, 0.6) is 0 Å². The van der Waals surface area contributed by atoms with Crippen molar-refractivity contribution in [1.29, 1.82) is 0 Å². The zero-order valence-corrected chi connectivity index (χ0v) is 14.7. The quantitative estimate of drug-likeness (QED) is 0.518. The minimum Gasteiger partial charge on any atom is -0.398 e. The fraction of sp³-hybridized carbons (Fsp3) is 0. The van der Waals surface area contributed by atoms with E-state index in [-0.39, 0.29) is 34.1 Å². The molecule has 0 radical (unpaired) electrons. The lowest BCUT2D eigenvalue weighted by Gasteiger charge is -2.21. The summed E-state index contributed by atoms with van der Waals surface area (Å²) in [5.74, 6) is -1.10. The summed E-state index contributed by atoms with van der Waals surface area (Å²) < 4.78 is 0. The predicted molar refractivity (Wildman–Crippen MR) is 104 cm³/mol. The molecule has 3 aromatic carbocycles. The highest BCUT2D eigenvalue weighted by molar-refractivity contribution is 6.32. The molecule has 0 unspecified atom stereocenters. The van der Waals surface area contributed by atoms with Gasteiger partial charge in [-0.1, -0.05) is 35.9 Å². The van der Waals surface area contributed by atoms with Crippen LogP contribution >= 0.6 is 11.6 Å². The Balaban J connectivity index is 1.81. The smallest absolute Gasteiger partial charge is 0.255 e. The van der Waals surface area contributed by atoms with E-state index in [4.69, 9.17) is 17.3 Å². The van der Waals surface area contributed by atoms with Crippen LogP contribution in [0.2, 0.25) is 5.02 Å². The van der Waals surface area contributed by atoms with Gasteiger partial charge in [-0.15, -0.1) is 0 Å². The standard InChI is InChI=1S/C21H13ClN2O3/c22-12-7-5-11(6-8-12)21(27)24-16-10-9-15(23)17-18(16)20(26)14-4-2-1-3-13(14)19(17)25/h1-10H,23H2,(H,24,27). The molecule has 1 aliphatic carbocycles. The monoisotopic (exact) mass is 376 g/mol. The molecule has 0 bridgehead atoms. The maximum absolute atomic E-state index is 13.0. The average molecular weight is 377 g/mol. The van der Waals surface area contributed by atoms with Gasteiger partial charge in [0.25, 0.3) is 5.91 Å². The minimum atomic E-state index is -0.419. The normalized spacial score (nSPS) is 12.3. The van der Waals surface area contributed by atoms with Gasteiger partial charge in [0.1, 0.15) is 0 Å². The van der Waals surface area contributed by atoms with E-state index in [0.717, 1.165) is 0 Å². The molecule has 0 spiro atoms. The number of rotatable bonds is 2. The number of carbonyl (C=O) groups is 3. The number of hydrogen-bond acceptors (Lipinski definition) is 4. The third-order valence-electron chi connectivity index (χ3n) is 4.46. The summed E-state index contributed by atoms with van der Waals surface area (Å²) in [5, 5.41) is 3.21. The molecular formula is C21H13ClN2O3. The van der Waals surface area contributed by atoms with Crippen molar-refractivity contribution in [2.75, 3.05) is 11.1 Å². The van der Waals surface area contributed by atoms with Gasteiger partial charge >= 0.3 is 0 Å². The van der Waals surface area contributed by atoms with Crippen molar-refractivity contribution < 1.29 is 14.4 Å². The Bertz CT molecular complexity index is 1120. The number of nitrogen functional groups attached to an aromatic ring is 1. The van der Waals surface area contributed by atoms with Gasteiger partial charge in [0.15, 0.2) is 11.6 Å². The Kier molecular flexibility index (Phi) is 4.01. The number of nitrogens with two attached hydrogens (primary N) is 1. The number of benzene rings is 3. The van der Waals surface area contributed by atoms with E-state index in [1.165, 1.54) is 12.1 Å². The van der Waals surface area contributed by atoms with Crippen LogP contribution in [-0.2, 0) is 0 Å². The summed E-state index contributed by atoms with van der Waals surface area (Å²) in [6.45, 7) is 0. The number of nitrogens with one attached hydrogen (secondary N) is 1. The molecule has 1 aliphatic rings. The third kappa shape index (κ3) is 2.78. The average Bonchev–Trinajstić information content (AvgIpc) is 2.68. The van der Waals surface area contributed by atoms with Crippen LogP contribution in [0.1, 0.15) is 42.2 Å². The SMILES string of the molecule is Nc1ccc(NC(=O)c2ccc(Cl)cc2)c2c1C(=O)c1ccccc1C2=O. The lowest BCUT2D eigenvalue weighted by Crippen LogP contribution is -2.25. The van der Waals surface area contributed by atoms with Crippen LogP contribution in [0.3, 0.4) is 0 Å². The third-order valence-corrected chi connectivity index (χ3v) is 4.71. The van der Waals surface area contributed by atoms with Crippen molar-refractivity contribution in [3.05, 3.63) is 93.5 Å². The number of amides is 1. The number of fused-ring (bicyclic) bond motifs is 2. The Morgan fingerprint density at radius 1 is 0.815 bits per heavy atom. The molecule has 132 valence electrons. The van der Waals surface area contributed by atoms with E-state index in [0.29, 0.717) is 21.7 Å². The van der Waals surface area contributed by atoms with Gasteiger partial charge in [-0.05, 0) is 36.4 Å². The summed E-state index contributed by atoms with van der Waals surface area (Å²) >= 11 is 5.84. The molecule has 0 aliphatic heterocycles. The highest BCUT2D eigenvalue weighted by atomic mass is 35.5. The number of carbonyl (C=O) groups excluding carboxylic acids is 3. The maximum Gasteiger partial charge on any atom is 0.255 e. The molecule has 3 aromatic rings. The van der Waals surface area contributed by atoms with E-state index in [1.807, 2.05) is 0 Å². The predicted octanol–water partition coefficient (Wildman–Crippen LogP) is 3.95. The number of halogens is 1. The van der Waals surface area contributed by atoms with Gasteiger partial charge in [0.2, 0.25) is 0 Å². The lowest BCUT2D eigenvalue weighted by molar-refractivity contribution is 0.0979. The molecular weight excluding hydrogens is 364 g/mol. The fourth-order valence-electron chi connectivity index (χ4n) is 3.15. The van der Waals surface area contributed by atoms with Crippen LogP contribution in [0, 0.1) is 0 Å². The molecule has 3 N–H and O–H groups in total. The summed E-state index contributed by atoms with van der Waals surface area (Å²) in [7, 11) is 0. The van der Waals surface area contributed by atoms with Crippen LogP contribution in [-0.4, -0.2) is 17.5 Å². The Hall–Kier alpha value is -3.44. The highest BCUT2D eigenvalue weighted by Crippen LogP contribution is 2.35. The molecule has 0 saturated heterocycles. The summed E-state index contributed by atoms with van der Waals surface area (Å²) in [4.78, 5) is 38.4. The second kappa shape index (κ2) is 6.37. The highest BCUT2D eigenvalue weighted by Gasteiger charge is 2.33. The van der Waals surface area contributed by atoms with Crippen molar-refractivity contribution in [3.63, 3.8) is 0 Å². The fourth-order valence-corrected chi connectivity index (χ4v) is 3.27. The van der Waals surface area contributed by atoms with Gasteiger partial charge in [-0.3, -0.25) is 14.4 Å². The van der Waals surface area contributed by atoms with E-state index >= 15 is 0 Å². The first-order valence-electron chi connectivity index (χ1n) is 8.15. The van der Waals surface area contributed by atoms with Crippen LogP contribution in [0.4, 0.5) is 11.4 Å². The molecule has 6 heteroatoms. The maximum atomic E-state index is 13.0. The van der Waals surface area contributed by atoms with Crippen LogP contribution in [0.25, 0.3) is 0 Å². The van der Waals surface area contributed by atoms with Gasteiger partial charge in [0.05, 0.1) is 16.8 Å². The largest absolute Gasteiger partial charge is 0.398 e. The van der Waals surface area contributed by atoms with Crippen molar-refractivity contribution in [2.24, 2.45) is 0 Å². The van der Waals surface area contributed by atoms with E-state index in [2.05, 4.69) is 5.32 Å². The lowest BCUT2D eigenvalue weighted by atomic mass is 9.82. The zero-order chi connectivity index (χ0) is 19.1. The molecule has 0 saturated carbocycles. The van der Waals surface area contributed by atoms with Crippen LogP contribution < -0.4 is 11.1 Å². The molecule has 5 nitrogen and oxygen atoms in total. The van der Waals surface area contributed by atoms with Crippen molar-refractivity contribution in [2.45, 2.75) is 0 Å². The molecule has 1 amide bonds. The first kappa shape index (κ1) is 17.0. The van der Waals surface area contributed by atoms with Gasteiger partial charge in [-0.25, -0.2) is 0 Å². The molecule has 0 aromatic heterocycles. The topological polar surface area (TPSA) is 89.3 Å². The summed E-state index contributed by atoms with van der Waals surface area (Å²) in [5.41, 5.74) is 7.62.